The van der Waals surface area contributed by atoms with E-state index in [1.807, 2.05) is 6.92 Å². The second kappa shape index (κ2) is 4.83. The van der Waals surface area contributed by atoms with Crippen molar-refractivity contribution in [1.29, 1.82) is 0 Å². The molecule has 102 valence electrons. The lowest BCUT2D eigenvalue weighted by atomic mass is 10.1. The highest BCUT2D eigenvalue weighted by atomic mass is 19.4. The Morgan fingerprint density at radius 2 is 2.11 bits per heavy atom. The maximum atomic E-state index is 12.3. The highest BCUT2D eigenvalue weighted by molar-refractivity contribution is 5.70. The van der Waals surface area contributed by atoms with E-state index in [9.17, 15) is 18.3 Å². The van der Waals surface area contributed by atoms with E-state index in [1.54, 1.807) is 10.9 Å². The van der Waals surface area contributed by atoms with Gasteiger partial charge >= 0.3 is 6.36 Å². The van der Waals surface area contributed by atoms with Crippen molar-refractivity contribution < 1.29 is 23.0 Å². The summed E-state index contributed by atoms with van der Waals surface area (Å²) in [5.41, 5.74) is 0.705. The van der Waals surface area contributed by atoms with Crippen molar-refractivity contribution in [3.63, 3.8) is 0 Å². The summed E-state index contributed by atoms with van der Waals surface area (Å²) in [4.78, 5) is 0. The molecule has 1 N–H and O–H groups in total. The van der Waals surface area contributed by atoms with E-state index >= 15 is 0 Å². The zero-order valence-corrected chi connectivity index (χ0v) is 9.98. The van der Waals surface area contributed by atoms with Gasteiger partial charge in [0.2, 0.25) is 0 Å². The van der Waals surface area contributed by atoms with Gasteiger partial charge in [0.15, 0.2) is 0 Å². The Morgan fingerprint density at radius 3 is 2.68 bits per heavy atom. The van der Waals surface area contributed by atoms with E-state index in [1.165, 1.54) is 18.3 Å². The van der Waals surface area contributed by atoms with Crippen LogP contribution >= 0.6 is 0 Å². The van der Waals surface area contributed by atoms with E-state index in [0.717, 1.165) is 6.07 Å². The molecule has 0 aliphatic rings. The van der Waals surface area contributed by atoms with Crippen LogP contribution in [0.2, 0.25) is 0 Å². The summed E-state index contributed by atoms with van der Waals surface area (Å²) in [6.07, 6.45) is -1.77. The predicted molar refractivity (Wildman–Crippen MR) is 61.7 cm³/mol. The van der Waals surface area contributed by atoms with Crippen molar-refractivity contribution in [3.05, 3.63) is 30.6 Å². The number of phenols is 1. The van der Waals surface area contributed by atoms with E-state index in [2.05, 4.69) is 9.84 Å². The Balaban J connectivity index is 2.44. The molecule has 0 radical (unpaired) electrons. The normalized spacial score (nSPS) is 11.6. The molecule has 2 aromatic rings. The van der Waals surface area contributed by atoms with Crippen molar-refractivity contribution in [3.8, 4) is 22.6 Å². The first-order valence-corrected chi connectivity index (χ1v) is 5.50. The Morgan fingerprint density at radius 1 is 1.37 bits per heavy atom. The number of hydrogen-bond acceptors (Lipinski definition) is 3. The predicted octanol–water partition coefficient (Wildman–Crippen LogP) is 3.17. The van der Waals surface area contributed by atoms with Crippen molar-refractivity contribution in [1.82, 2.24) is 9.78 Å². The fraction of sp³-hybridized carbons (Fsp3) is 0.250. The molecule has 7 heteroatoms. The molecule has 2 rings (SSSR count). The van der Waals surface area contributed by atoms with Gasteiger partial charge in [-0.2, -0.15) is 5.10 Å². The fourth-order valence-corrected chi connectivity index (χ4v) is 1.63. The van der Waals surface area contributed by atoms with Crippen LogP contribution in [0.15, 0.2) is 30.6 Å². The molecule has 0 saturated carbocycles. The number of phenolic OH excluding ortho intramolecular Hbond substituents is 1. The van der Waals surface area contributed by atoms with Crippen molar-refractivity contribution in [2.45, 2.75) is 19.8 Å². The van der Waals surface area contributed by atoms with Crippen LogP contribution in [0.1, 0.15) is 6.92 Å². The van der Waals surface area contributed by atoms with Gasteiger partial charge in [-0.3, -0.25) is 4.68 Å². The lowest BCUT2D eigenvalue weighted by Crippen LogP contribution is -2.17. The molecule has 1 aromatic heterocycles. The van der Waals surface area contributed by atoms with Crippen molar-refractivity contribution in [2.24, 2.45) is 0 Å². The first kappa shape index (κ1) is 13.3. The van der Waals surface area contributed by atoms with Gasteiger partial charge in [-0.15, -0.1) is 13.2 Å². The van der Waals surface area contributed by atoms with Crippen LogP contribution in [-0.4, -0.2) is 21.2 Å². The Bertz CT molecular complexity index is 579. The second-order valence-electron chi connectivity index (χ2n) is 3.81. The zero-order chi connectivity index (χ0) is 14.0. The topological polar surface area (TPSA) is 47.3 Å². The second-order valence-corrected chi connectivity index (χ2v) is 3.81. The van der Waals surface area contributed by atoms with Gasteiger partial charge in [-0.05, 0) is 19.1 Å². The standard InChI is InChI=1S/C12H11F3N2O2/c1-2-17-7-8(6-16-17)10-4-3-9(18)5-11(10)19-12(13,14)15/h3-7,18H,2H2,1H3. The number of halogens is 3. The molecule has 0 atom stereocenters. The van der Waals surface area contributed by atoms with Crippen molar-refractivity contribution >= 4 is 0 Å². The largest absolute Gasteiger partial charge is 0.573 e. The lowest BCUT2D eigenvalue weighted by molar-refractivity contribution is -0.274. The van der Waals surface area contributed by atoms with Gasteiger partial charge < -0.3 is 9.84 Å². The number of aromatic hydroxyl groups is 1. The third kappa shape index (κ3) is 3.18. The zero-order valence-electron chi connectivity index (χ0n) is 9.98. The quantitative estimate of drug-likeness (QED) is 0.933. The first-order valence-electron chi connectivity index (χ1n) is 5.50. The van der Waals surface area contributed by atoms with Gasteiger partial charge in [0, 0.05) is 29.9 Å². The maximum Gasteiger partial charge on any atom is 0.573 e. The van der Waals surface area contributed by atoms with E-state index in [0.29, 0.717) is 12.1 Å². The van der Waals surface area contributed by atoms with Gasteiger partial charge in [0.1, 0.15) is 11.5 Å². The molecule has 0 saturated heterocycles. The summed E-state index contributed by atoms with van der Waals surface area (Å²) < 4.78 is 42.4. The molecule has 4 nitrogen and oxygen atoms in total. The van der Waals surface area contributed by atoms with E-state index < -0.39 is 12.1 Å². The van der Waals surface area contributed by atoms with Gasteiger partial charge in [-0.25, -0.2) is 0 Å². The number of nitrogens with zero attached hydrogens (tertiary/aromatic N) is 2. The molecule has 0 spiro atoms. The molecule has 0 fully saturated rings. The van der Waals surface area contributed by atoms with Crippen LogP contribution in [0.3, 0.4) is 0 Å². The van der Waals surface area contributed by atoms with E-state index in [4.69, 9.17) is 0 Å². The average molecular weight is 272 g/mol. The van der Waals surface area contributed by atoms with Crippen LogP contribution in [0, 0.1) is 0 Å². The summed E-state index contributed by atoms with van der Waals surface area (Å²) in [5.74, 6) is -0.756. The summed E-state index contributed by atoms with van der Waals surface area (Å²) in [7, 11) is 0. The average Bonchev–Trinajstić information content (AvgIpc) is 2.75. The highest BCUT2D eigenvalue weighted by Gasteiger charge is 2.32. The van der Waals surface area contributed by atoms with Crippen molar-refractivity contribution in [2.75, 3.05) is 0 Å². The minimum Gasteiger partial charge on any atom is -0.508 e. The lowest BCUT2D eigenvalue weighted by Gasteiger charge is -2.12. The van der Waals surface area contributed by atoms with Gasteiger partial charge in [0.25, 0.3) is 0 Å². The number of hydrogen-bond donors (Lipinski definition) is 1. The number of aromatic nitrogens is 2. The van der Waals surface area contributed by atoms with Crippen LogP contribution in [0.5, 0.6) is 11.5 Å². The van der Waals surface area contributed by atoms with Crippen LogP contribution in [0.4, 0.5) is 13.2 Å². The number of benzene rings is 1. The molecular formula is C12H11F3N2O2. The minimum atomic E-state index is -4.82. The number of ether oxygens (including phenoxy) is 1. The molecule has 19 heavy (non-hydrogen) atoms. The summed E-state index contributed by atoms with van der Waals surface area (Å²) >= 11 is 0. The third-order valence-electron chi connectivity index (χ3n) is 2.46. The molecule has 0 aliphatic heterocycles. The monoisotopic (exact) mass is 272 g/mol. The minimum absolute atomic E-state index is 0.217. The third-order valence-corrected chi connectivity index (χ3v) is 2.46. The SMILES string of the molecule is CCn1cc(-c2ccc(O)cc2OC(F)(F)F)cn1. The summed E-state index contributed by atoms with van der Waals surface area (Å²) in [6, 6.07) is 3.57. The van der Waals surface area contributed by atoms with Crippen LogP contribution in [0.25, 0.3) is 11.1 Å². The number of aryl methyl sites for hydroxylation is 1. The fourth-order valence-electron chi connectivity index (χ4n) is 1.63. The smallest absolute Gasteiger partial charge is 0.508 e. The molecular weight excluding hydrogens is 261 g/mol. The first-order chi connectivity index (χ1) is 8.89. The van der Waals surface area contributed by atoms with Crippen LogP contribution in [-0.2, 0) is 6.54 Å². The molecule has 0 bridgehead atoms. The molecule has 1 aromatic carbocycles. The maximum absolute atomic E-state index is 12.3. The Hall–Kier alpha value is -2.18. The van der Waals surface area contributed by atoms with E-state index in [-0.39, 0.29) is 11.3 Å². The van der Waals surface area contributed by atoms with Crippen LogP contribution < -0.4 is 4.74 Å². The Labute approximate surface area is 107 Å². The number of alkyl halides is 3. The van der Waals surface area contributed by atoms with Gasteiger partial charge in [0.05, 0.1) is 6.20 Å². The molecule has 0 unspecified atom stereocenters. The molecule has 0 amide bonds. The Kier molecular flexibility index (Phi) is 3.37. The number of rotatable bonds is 3. The van der Waals surface area contributed by atoms with Gasteiger partial charge in [-0.1, -0.05) is 0 Å². The highest BCUT2D eigenvalue weighted by Crippen LogP contribution is 2.36. The molecule has 1 heterocycles. The summed E-state index contributed by atoms with van der Waals surface area (Å²) in [6.45, 7) is 2.47. The molecule has 0 aliphatic carbocycles. The summed E-state index contributed by atoms with van der Waals surface area (Å²) in [5, 5.41) is 13.3.